The molecule has 0 spiro atoms. The van der Waals surface area contributed by atoms with Crippen molar-refractivity contribution in [2.45, 2.75) is 86.0 Å². The van der Waals surface area contributed by atoms with Crippen LogP contribution in [0.1, 0.15) is 53.4 Å². The topological polar surface area (TPSA) is 52.0 Å². The zero-order chi connectivity index (χ0) is 16.1. The molecule has 138 valence electrons. The Morgan fingerprint density at radius 3 is 0.818 bits per heavy atom. The van der Waals surface area contributed by atoms with E-state index in [1.807, 2.05) is 27.7 Å². The van der Waals surface area contributed by atoms with Gasteiger partial charge in [0.15, 0.2) is 0 Å². The Labute approximate surface area is 168 Å². The van der Waals surface area contributed by atoms with Crippen LogP contribution in [0.25, 0.3) is 0 Å². The Morgan fingerprint density at radius 1 is 0.591 bits per heavy atom. The molecule has 0 aliphatic rings. The van der Waals surface area contributed by atoms with E-state index >= 15 is 0 Å². The molecule has 0 radical (unpaired) electrons. The summed E-state index contributed by atoms with van der Waals surface area (Å²) in [6, 6.07) is 0. The quantitative estimate of drug-likeness (QED) is 0.480. The molecule has 0 aliphatic carbocycles. The van der Waals surface area contributed by atoms with E-state index in [0.29, 0.717) is 25.7 Å². The summed E-state index contributed by atoms with van der Waals surface area (Å²) in [7, 11) is 0. The average Bonchev–Trinajstić information content (AvgIpc) is 2.10. The molecule has 0 aliphatic heterocycles. The van der Waals surface area contributed by atoms with Crippen molar-refractivity contribution in [3.63, 3.8) is 0 Å². The van der Waals surface area contributed by atoms with Crippen molar-refractivity contribution in [2.24, 2.45) is 11.5 Å². The van der Waals surface area contributed by atoms with Gasteiger partial charge >= 0.3 is 0 Å². The van der Waals surface area contributed by atoms with Gasteiger partial charge in [-0.1, -0.05) is 0 Å². The molecule has 0 bridgehead atoms. The van der Waals surface area contributed by atoms with Gasteiger partial charge in [-0.2, -0.15) is 0 Å². The highest BCUT2D eigenvalue weighted by molar-refractivity contribution is 6.21. The molecule has 4 atom stereocenters. The lowest BCUT2D eigenvalue weighted by atomic mass is 9.67. The minimum Gasteiger partial charge on any atom is -0.323 e. The zero-order valence-corrected chi connectivity index (χ0v) is 18.3. The number of hydrogen-bond donors (Lipinski definition) is 2. The van der Waals surface area contributed by atoms with E-state index in [9.17, 15) is 0 Å². The SMILES string of the molecule is CC(Cl)CC(N)(CC(C)Cl)C(N)(CC(C)Cl)CC(C)Cl.Cl.Cl. The molecule has 0 saturated heterocycles. The summed E-state index contributed by atoms with van der Waals surface area (Å²) in [6.07, 6.45) is 2.31. The summed E-state index contributed by atoms with van der Waals surface area (Å²) in [5.74, 6) is 0. The molecule has 0 fully saturated rings. The second-order valence-electron chi connectivity index (χ2n) is 6.25. The van der Waals surface area contributed by atoms with Crippen molar-refractivity contribution < 1.29 is 0 Å². The van der Waals surface area contributed by atoms with Crippen LogP contribution >= 0.6 is 71.2 Å². The highest BCUT2D eigenvalue weighted by Crippen LogP contribution is 2.38. The van der Waals surface area contributed by atoms with Crippen LogP contribution in [0.2, 0.25) is 0 Å². The second-order valence-corrected chi connectivity index (χ2v) is 9.23. The first-order chi connectivity index (χ1) is 8.92. The predicted molar refractivity (Wildman–Crippen MR) is 108 cm³/mol. The van der Waals surface area contributed by atoms with Gasteiger partial charge in [-0.15, -0.1) is 71.2 Å². The Bertz CT molecular complexity index is 237. The van der Waals surface area contributed by atoms with Gasteiger partial charge in [0.05, 0.1) is 0 Å². The summed E-state index contributed by atoms with van der Waals surface area (Å²) < 4.78 is 0. The van der Waals surface area contributed by atoms with Crippen LogP contribution in [0.4, 0.5) is 0 Å². The largest absolute Gasteiger partial charge is 0.323 e. The predicted octanol–water partition coefficient (Wildman–Crippen LogP) is 5.29. The van der Waals surface area contributed by atoms with Gasteiger partial charge < -0.3 is 11.5 Å². The van der Waals surface area contributed by atoms with Crippen LogP contribution in [-0.4, -0.2) is 32.6 Å². The fourth-order valence-corrected chi connectivity index (χ4v) is 4.09. The van der Waals surface area contributed by atoms with E-state index < -0.39 is 11.1 Å². The molecule has 2 nitrogen and oxygen atoms in total. The lowest BCUT2D eigenvalue weighted by Crippen LogP contribution is -2.68. The number of rotatable bonds is 9. The van der Waals surface area contributed by atoms with Crippen LogP contribution < -0.4 is 11.5 Å². The van der Waals surface area contributed by atoms with Crippen LogP contribution in [0.15, 0.2) is 0 Å². The van der Waals surface area contributed by atoms with Crippen LogP contribution in [0.3, 0.4) is 0 Å². The van der Waals surface area contributed by atoms with Crippen LogP contribution in [-0.2, 0) is 0 Å². The summed E-state index contributed by atoms with van der Waals surface area (Å²) in [4.78, 5) is 0. The molecule has 0 heterocycles. The standard InChI is InChI=1S/C14H28Cl4N2.2ClH/c1-9(15)5-13(19,6-10(2)16)14(20,7-11(3)17)8-12(4)18;;/h9-12H,5-8,19-20H2,1-4H3;2*1H. The van der Waals surface area contributed by atoms with Crippen molar-refractivity contribution >= 4 is 71.2 Å². The lowest BCUT2D eigenvalue weighted by Gasteiger charge is -2.49. The monoisotopic (exact) mass is 436 g/mol. The first-order valence-corrected chi connectivity index (χ1v) is 8.80. The molecule has 8 heteroatoms. The lowest BCUT2D eigenvalue weighted by molar-refractivity contribution is 0.164. The fourth-order valence-electron chi connectivity index (χ4n) is 2.99. The third kappa shape index (κ3) is 9.84. The molecule has 4 unspecified atom stereocenters. The van der Waals surface area contributed by atoms with E-state index in [2.05, 4.69) is 0 Å². The number of nitrogens with two attached hydrogens (primary N) is 2. The Kier molecular flexibility index (Phi) is 15.6. The van der Waals surface area contributed by atoms with E-state index in [4.69, 9.17) is 57.9 Å². The molecule has 0 rings (SSSR count). The maximum Gasteiger partial charge on any atom is 0.0366 e. The van der Waals surface area contributed by atoms with Gasteiger partial charge in [-0.25, -0.2) is 0 Å². The van der Waals surface area contributed by atoms with Crippen molar-refractivity contribution in [1.29, 1.82) is 0 Å². The molecule has 0 aromatic carbocycles. The van der Waals surface area contributed by atoms with Gasteiger partial charge in [0.2, 0.25) is 0 Å². The Hall–Kier alpha value is 1.66. The molecule has 0 aromatic rings. The molecule has 0 aromatic heterocycles. The highest BCUT2D eigenvalue weighted by atomic mass is 35.5. The molecular formula is C14H30Cl6N2. The molecule has 0 saturated carbocycles. The Balaban J connectivity index is -0.00000180. The third-order valence-electron chi connectivity index (χ3n) is 3.57. The zero-order valence-electron chi connectivity index (χ0n) is 13.6. The van der Waals surface area contributed by atoms with Crippen molar-refractivity contribution in [3.8, 4) is 0 Å². The normalized spacial score (nSPS) is 22.1. The van der Waals surface area contributed by atoms with Gasteiger partial charge in [0.1, 0.15) is 0 Å². The van der Waals surface area contributed by atoms with Crippen molar-refractivity contribution in [1.82, 2.24) is 0 Å². The third-order valence-corrected chi connectivity index (χ3v) is 4.19. The summed E-state index contributed by atoms with van der Waals surface area (Å²) in [5, 5.41) is -0.353. The first-order valence-electron chi connectivity index (χ1n) is 7.06. The van der Waals surface area contributed by atoms with E-state index in [1.165, 1.54) is 0 Å². The summed E-state index contributed by atoms with van der Waals surface area (Å²) in [5.41, 5.74) is 11.9. The fraction of sp³-hybridized carbons (Fsp3) is 1.00. The first kappa shape index (κ1) is 28.5. The van der Waals surface area contributed by atoms with Gasteiger partial charge in [0, 0.05) is 32.6 Å². The van der Waals surface area contributed by atoms with Crippen LogP contribution in [0.5, 0.6) is 0 Å². The summed E-state index contributed by atoms with van der Waals surface area (Å²) in [6.45, 7) is 7.65. The minimum absolute atomic E-state index is 0. The smallest absolute Gasteiger partial charge is 0.0366 e. The van der Waals surface area contributed by atoms with Crippen LogP contribution in [0, 0.1) is 0 Å². The molecule has 4 N–H and O–H groups in total. The highest BCUT2D eigenvalue weighted by Gasteiger charge is 2.47. The number of alkyl halides is 4. The number of hydrogen-bond acceptors (Lipinski definition) is 2. The maximum atomic E-state index is 6.66. The molecule has 22 heavy (non-hydrogen) atoms. The van der Waals surface area contributed by atoms with E-state index in [-0.39, 0.29) is 46.3 Å². The minimum atomic E-state index is -0.693. The number of halogens is 6. The van der Waals surface area contributed by atoms with E-state index in [0.717, 1.165) is 0 Å². The molecular weight excluding hydrogens is 409 g/mol. The van der Waals surface area contributed by atoms with Gasteiger partial charge in [0.25, 0.3) is 0 Å². The Morgan fingerprint density at radius 2 is 0.727 bits per heavy atom. The molecule has 0 amide bonds. The van der Waals surface area contributed by atoms with Crippen molar-refractivity contribution in [3.05, 3.63) is 0 Å². The van der Waals surface area contributed by atoms with E-state index in [1.54, 1.807) is 0 Å². The summed E-state index contributed by atoms with van der Waals surface area (Å²) >= 11 is 24.7. The van der Waals surface area contributed by atoms with Gasteiger partial charge in [-0.05, 0) is 53.4 Å². The van der Waals surface area contributed by atoms with Gasteiger partial charge in [-0.3, -0.25) is 0 Å². The second kappa shape index (κ2) is 12.1. The maximum absolute atomic E-state index is 6.66. The average molecular weight is 439 g/mol. The van der Waals surface area contributed by atoms with Crippen molar-refractivity contribution in [2.75, 3.05) is 0 Å².